The lowest BCUT2D eigenvalue weighted by Crippen LogP contribution is -2.21. The number of rotatable bonds is 8. The summed E-state index contributed by atoms with van der Waals surface area (Å²) in [6.07, 6.45) is 3.25. The third-order valence-electron chi connectivity index (χ3n) is 5.46. The second-order valence-electron chi connectivity index (χ2n) is 8.72. The molecule has 0 spiro atoms. The van der Waals surface area contributed by atoms with Crippen LogP contribution in [0.1, 0.15) is 33.3 Å². The van der Waals surface area contributed by atoms with Gasteiger partial charge in [-0.25, -0.2) is 13.4 Å². The van der Waals surface area contributed by atoms with E-state index in [0.29, 0.717) is 33.8 Å². The van der Waals surface area contributed by atoms with E-state index in [2.05, 4.69) is 46.4 Å². The van der Waals surface area contributed by atoms with Crippen molar-refractivity contribution < 1.29 is 12.9 Å². The van der Waals surface area contributed by atoms with Crippen LogP contribution in [-0.2, 0) is 16.4 Å². The van der Waals surface area contributed by atoms with Crippen molar-refractivity contribution >= 4 is 9.84 Å². The molecule has 34 heavy (non-hydrogen) atoms. The second-order valence-corrected chi connectivity index (χ2v) is 11.2. The highest BCUT2D eigenvalue weighted by Gasteiger charge is 2.19. The van der Waals surface area contributed by atoms with Gasteiger partial charge in [0.05, 0.1) is 28.2 Å². The Bertz CT molecular complexity index is 1360. The molecule has 0 amide bonds. The first-order valence-electron chi connectivity index (χ1n) is 11.2. The molecular formula is C26H28N4O3S. The van der Waals surface area contributed by atoms with Crippen LogP contribution in [0.3, 0.4) is 0 Å². The van der Waals surface area contributed by atoms with Gasteiger partial charge in [-0.3, -0.25) is 4.98 Å². The van der Waals surface area contributed by atoms with Crippen LogP contribution in [0.25, 0.3) is 34.0 Å². The second kappa shape index (κ2) is 9.87. The molecule has 2 aromatic heterocycles. The van der Waals surface area contributed by atoms with Gasteiger partial charge in [0, 0.05) is 29.8 Å². The first-order chi connectivity index (χ1) is 16.2. The van der Waals surface area contributed by atoms with Gasteiger partial charge in [-0.05, 0) is 31.5 Å². The lowest BCUT2D eigenvalue weighted by molar-refractivity contribution is 0.433. The first-order valence-corrected chi connectivity index (χ1v) is 12.7. The molecule has 0 radical (unpaired) electrons. The smallest absolute Gasteiger partial charge is 0.187 e. The average molecular weight is 477 g/mol. The fraction of sp³-hybridized carbons (Fsp3) is 0.269. The van der Waals surface area contributed by atoms with Gasteiger partial charge in [0.15, 0.2) is 15.6 Å². The Balaban J connectivity index is 1.54. The van der Waals surface area contributed by atoms with Crippen LogP contribution in [0.5, 0.6) is 0 Å². The normalized spacial score (nSPS) is 11.9. The molecule has 0 saturated heterocycles. The van der Waals surface area contributed by atoms with E-state index in [1.54, 1.807) is 50.5 Å². The number of aromatic nitrogens is 3. The van der Waals surface area contributed by atoms with Crippen molar-refractivity contribution in [3.05, 3.63) is 72.6 Å². The Morgan fingerprint density at radius 1 is 0.853 bits per heavy atom. The summed E-state index contributed by atoms with van der Waals surface area (Å²) in [5.74, 6) is 0.508. The maximum Gasteiger partial charge on any atom is 0.187 e. The number of sulfone groups is 1. The Hall–Kier alpha value is -3.36. The standard InChI is InChI=1S/C26H28N4O3S/c1-17(2)28-14-19-5-7-20(8-6-19)23-13-26(33-30-23)25-16-27-15-24(29-25)21-9-11-22(12-10-21)34(31,32)18(3)4/h5-13,15-18,28H,14H2,1-4H3. The monoisotopic (exact) mass is 476 g/mol. The first kappa shape index (κ1) is 23.8. The van der Waals surface area contributed by atoms with Gasteiger partial charge in [0.25, 0.3) is 0 Å². The van der Waals surface area contributed by atoms with Gasteiger partial charge in [0.2, 0.25) is 0 Å². The van der Waals surface area contributed by atoms with Crippen molar-refractivity contribution in [1.82, 2.24) is 20.4 Å². The zero-order valence-corrected chi connectivity index (χ0v) is 20.5. The van der Waals surface area contributed by atoms with E-state index in [0.717, 1.165) is 17.7 Å². The predicted molar refractivity (Wildman–Crippen MR) is 133 cm³/mol. The van der Waals surface area contributed by atoms with Gasteiger partial charge in [-0.2, -0.15) is 0 Å². The number of nitrogens with one attached hydrogen (secondary N) is 1. The van der Waals surface area contributed by atoms with Crippen LogP contribution in [-0.4, -0.2) is 34.8 Å². The van der Waals surface area contributed by atoms with Gasteiger partial charge in [-0.1, -0.05) is 55.4 Å². The fourth-order valence-electron chi connectivity index (χ4n) is 3.36. The third kappa shape index (κ3) is 5.24. The average Bonchev–Trinajstić information content (AvgIpc) is 3.33. The summed E-state index contributed by atoms with van der Waals surface area (Å²) in [6.45, 7) is 8.39. The summed E-state index contributed by atoms with van der Waals surface area (Å²) in [6, 6.07) is 17.1. The zero-order chi connectivity index (χ0) is 24.3. The molecule has 176 valence electrons. The number of nitrogens with zero attached hydrogens (tertiary/aromatic N) is 3. The van der Waals surface area contributed by atoms with E-state index in [1.807, 2.05) is 18.2 Å². The van der Waals surface area contributed by atoms with E-state index in [9.17, 15) is 8.42 Å². The van der Waals surface area contributed by atoms with E-state index >= 15 is 0 Å². The molecule has 0 unspecified atom stereocenters. The molecule has 1 N–H and O–H groups in total. The largest absolute Gasteiger partial charge is 0.354 e. The van der Waals surface area contributed by atoms with Gasteiger partial charge in [-0.15, -0.1) is 0 Å². The Kier molecular flexibility index (Phi) is 6.90. The molecule has 0 fully saturated rings. The molecule has 0 aliphatic rings. The van der Waals surface area contributed by atoms with Crippen molar-refractivity contribution in [3.63, 3.8) is 0 Å². The van der Waals surface area contributed by atoms with Crippen LogP contribution >= 0.6 is 0 Å². The van der Waals surface area contributed by atoms with E-state index < -0.39 is 15.1 Å². The molecule has 7 nitrogen and oxygen atoms in total. The van der Waals surface area contributed by atoms with E-state index in [1.165, 1.54) is 5.56 Å². The maximum atomic E-state index is 12.4. The van der Waals surface area contributed by atoms with Gasteiger partial charge in [0.1, 0.15) is 11.4 Å². The fourth-order valence-corrected chi connectivity index (χ4v) is 4.42. The molecule has 2 heterocycles. The predicted octanol–water partition coefficient (Wildman–Crippen LogP) is 5.15. The molecular weight excluding hydrogens is 448 g/mol. The van der Waals surface area contributed by atoms with Crippen LogP contribution < -0.4 is 5.32 Å². The highest BCUT2D eigenvalue weighted by molar-refractivity contribution is 7.92. The van der Waals surface area contributed by atoms with E-state index in [4.69, 9.17) is 4.52 Å². The molecule has 8 heteroatoms. The zero-order valence-electron chi connectivity index (χ0n) is 19.7. The van der Waals surface area contributed by atoms with Crippen molar-refractivity contribution in [2.24, 2.45) is 0 Å². The quantitative estimate of drug-likeness (QED) is 0.376. The minimum atomic E-state index is -3.32. The summed E-state index contributed by atoms with van der Waals surface area (Å²) in [4.78, 5) is 9.23. The maximum absolute atomic E-state index is 12.4. The lowest BCUT2D eigenvalue weighted by atomic mass is 10.1. The highest BCUT2D eigenvalue weighted by atomic mass is 32.2. The molecule has 0 saturated carbocycles. The number of hydrogen-bond donors (Lipinski definition) is 1. The van der Waals surface area contributed by atoms with Crippen molar-refractivity contribution in [3.8, 4) is 34.0 Å². The topological polar surface area (TPSA) is 98.0 Å². The van der Waals surface area contributed by atoms with Crippen LogP contribution in [0, 0.1) is 0 Å². The van der Waals surface area contributed by atoms with Crippen molar-refractivity contribution in [2.45, 2.75) is 50.4 Å². The minimum Gasteiger partial charge on any atom is -0.354 e. The Morgan fingerprint density at radius 2 is 1.47 bits per heavy atom. The number of benzene rings is 2. The van der Waals surface area contributed by atoms with E-state index in [-0.39, 0.29) is 0 Å². The molecule has 0 atom stereocenters. The number of hydrogen-bond acceptors (Lipinski definition) is 7. The summed E-state index contributed by atoms with van der Waals surface area (Å²) in [5.41, 5.74) is 4.80. The van der Waals surface area contributed by atoms with Crippen LogP contribution in [0.4, 0.5) is 0 Å². The summed E-state index contributed by atoms with van der Waals surface area (Å²) < 4.78 is 30.3. The summed E-state index contributed by atoms with van der Waals surface area (Å²) in [7, 11) is -3.32. The Morgan fingerprint density at radius 3 is 2.12 bits per heavy atom. The summed E-state index contributed by atoms with van der Waals surface area (Å²) >= 11 is 0. The van der Waals surface area contributed by atoms with Gasteiger partial charge >= 0.3 is 0 Å². The highest BCUT2D eigenvalue weighted by Crippen LogP contribution is 2.27. The Labute approximate surface area is 200 Å². The molecule has 0 bridgehead atoms. The molecule has 0 aliphatic carbocycles. The van der Waals surface area contributed by atoms with Crippen LogP contribution in [0.15, 0.2) is 76.4 Å². The summed E-state index contributed by atoms with van der Waals surface area (Å²) in [5, 5.41) is 7.12. The van der Waals surface area contributed by atoms with Crippen molar-refractivity contribution in [1.29, 1.82) is 0 Å². The third-order valence-corrected chi connectivity index (χ3v) is 7.63. The molecule has 4 rings (SSSR count). The molecule has 4 aromatic rings. The SMILES string of the molecule is CC(C)NCc1ccc(-c2cc(-c3cncc(-c4ccc(S(=O)(=O)C(C)C)cc4)n3)on2)cc1. The molecule has 0 aliphatic heterocycles. The lowest BCUT2D eigenvalue weighted by Gasteiger charge is -2.08. The minimum absolute atomic E-state index is 0.293. The van der Waals surface area contributed by atoms with Crippen molar-refractivity contribution in [2.75, 3.05) is 0 Å². The van der Waals surface area contributed by atoms with Crippen LogP contribution in [0.2, 0.25) is 0 Å². The van der Waals surface area contributed by atoms with Gasteiger partial charge < -0.3 is 9.84 Å². The molecule has 2 aromatic carbocycles.